The second-order valence-corrected chi connectivity index (χ2v) is 5.92. The average Bonchev–Trinajstić information content (AvgIpc) is 2.88. The van der Waals surface area contributed by atoms with E-state index in [1.165, 1.54) is 7.11 Å². The fourth-order valence-electron chi connectivity index (χ4n) is 3.07. The quantitative estimate of drug-likeness (QED) is 0.901. The van der Waals surface area contributed by atoms with Gasteiger partial charge >= 0.3 is 5.97 Å². The van der Waals surface area contributed by atoms with Gasteiger partial charge in [0.25, 0.3) is 5.91 Å². The van der Waals surface area contributed by atoms with Gasteiger partial charge in [-0.2, -0.15) is 0 Å². The van der Waals surface area contributed by atoms with Gasteiger partial charge in [-0.3, -0.25) is 9.59 Å². The number of hydrogen-bond donors (Lipinski definition) is 1. The van der Waals surface area contributed by atoms with Crippen LogP contribution >= 0.6 is 0 Å². The SMILES string of the molecule is CCc1oc(C(=O)N2CCCC(COC)(C(=O)O)C2)cc1C. The number of rotatable bonds is 5. The van der Waals surface area contributed by atoms with Crippen LogP contribution in [0.4, 0.5) is 0 Å². The molecule has 22 heavy (non-hydrogen) atoms. The van der Waals surface area contributed by atoms with E-state index in [0.29, 0.717) is 19.4 Å². The van der Waals surface area contributed by atoms with Crippen molar-refractivity contribution in [3.63, 3.8) is 0 Å². The molecule has 0 radical (unpaired) electrons. The number of hydrogen-bond acceptors (Lipinski definition) is 4. The number of carbonyl (C=O) groups is 2. The molecule has 0 aromatic carbocycles. The molecule has 1 aliphatic rings. The lowest BCUT2D eigenvalue weighted by Gasteiger charge is -2.39. The second kappa shape index (κ2) is 6.52. The molecule has 2 rings (SSSR count). The van der Waals surface area contributed by atoms with Crippen LogP contribution in [0.2, 0.25) is 0 Å². The van der Waals surface area contributed by atoms with Gasteiger partial charge in [0.05, 0.1) is 6.61 Å². The fourth-order valence-corrected chi connectivity index (χ4v) is 3.07. The summed E-state index contributed by atoms with van der Waals surface area (Å²) in [7, 11) is 1.48. The number of carbonyl (C=O) groups excluding carboxylic acids is 1. The minimum absolute atomic E-state index is 0.101. The van der Waals surface area contributed by atoms with Gasteiger partial charge in [0.2, 0.25) is 0 Å². The van der Waals surface area contributed by atoms with Crippen LogP contribution in [-0.2, 0) is 16.0 Å². The van der Waals surface area contributed by atoms with E-state index < -0.39 is 11.4 Å². The Hall–Kier alpha value is -1.82. The molecule has 1 aliphatic heterocycles. The third-order valence-corrected chi connectivity index (χ3v) is 4.29. The van der Waals surface area contributed by atoms with Crippen molar-refractivity contribution in [3.8, 4) is 0 Å². The number of piperidine rings is 1. The Kier molecular flexibility index (Phi) is 4.90. The van der Waals surface area contributed by atoms with E-state index in [-0.39, 0.29) is 24.8 Å². The number of amides is 1. The van der Waals surface area contributed by atoms with Gasteiger partial charge in [-0.1, -0.05) is 6.92 Å². The Morgan fingerprint density at radius 2 is 2.23 bits per heavy atom. The smallest absolute Gasteiger partial charge is 0.313 e. The van der Waals surface area contributed by atoms with Gasteiger partial charge in [0.15, 0.2) is 5.76 Å². The zero-order chi connectivity index (χ0) is 16.3. The summed E-state index contributed by atoms with van der Waals surface area (Å²) in [6, 6.07) is 1.73. The van der Waals surface area contributed by atoms with Crippen molar-refractivity contribution in [3.05, 3.63) is 23.2 Å². The topological polar surface area (TPSA) is 80.0 Å². The predicted molar refractivity (Wildman–Crippen MR) is 79.9 cm³/mol. The first kappa shape index (κ1) is 16.5. The molecule has 1 atom stereocenters. The molecule has 1 fully saturated rings. The highest BCUT2D eigenvalue weighted by Crippen LogP contribution is 2.32. The monoisotopic (exact) mass is 309 g/mol. The number of ether oxygens (including phenoxy) is 1. The van der Waals surface area contributed by atoms with Gasteiger partial charge in [-0.25, -0.2) is 0 Å². The molecular weight excluding hydrogens is 286 g/mol. The first-order chi connectivity index (χ1) is 10.4. The summed E-state index contributed by atoms with van der Waals surface area (Å²) in [5, 5.41) is 9.53. The Labute approximate surface area is 130 Å². The Bertz CT molecular complexity index is 561. The molecule has 6 nitrogen and oxygen atoms in total. The standard InChI is InChI=1S/C16H23NO5/c1-4-12-11(2)8-13(22-12)14(18)17-7-5-6-16(9-17,10-21-3)15(19)20/h8H,4-7,9-10H2,1-3H3,(H,19,20). The average molecular weight is 309 g/mol. The van der Waals surface area contributed by atoms with Gasteiger partial charge in [0, 0.05) is 26.6 Å². The van der Waals surface area contributed by atoms with Crippen LogP contribution in [0, 0.1) is 12.3 Å². The summed E-state index contributed by atoms with van der Waals surface area (Å²) in [5.74, 6) is -0.0874. The third-order valence-electron chi connectivity index (χ3n) is 4.29. The highest BCUT2D eigenvalue weighted by atomic mass is 16.5. The molecule has 1 N–H and O–H groups in total. The molecule has 0 aliphatic carbocycles. The van der Waals surface area contributed by atoms with Crippen molar-refractivity contribution in [1.29, 1.82) is 0 Å². The molecule has 122 valence electrons. The lowest BCUT2D eigenvalue weighted by Crippen LogP contribution is -2.52. The predicted octanol–water partition coefficient (Wildman–Crippen LogP) is 2.10. The first-order valence-corrected chi connectivity index (χ1v) is 7.54. The maximum atomic E-state index is 12.6. The van der Waals surface area contributed by atoms with Crippen LogP contribution < -0.4 is 0 Å². The maximum absolute atomic E-state index is 12.6. The van der Waals surface area contributed by atoms with Crippen LogP contribution in [0.25, 0.3) is 0 Å². The lowest BCUT2D eigenvalue weighted by molar-refractivity contribution is -0.155. The number of likely N-dealkylation sites (tertiary alicyclic amines) is 1. The van der Waals surface area contributed by atoms with E-state index >= 15 is 0 Å². The van der Waals surface area contributed by atoms with Gasteiger partial charge in [0.1, 0.15) is 11.2 Å². The minimum atomic E-state index is -1.03. The molecule has 2 heterocycles. The summed E-state index contributed by atoms with van der Waals surface area (Å²) in [6.45, 7) is 4.66. The molecule has 1 saturated heterocycles. The third kappa shape index (κ3) is 3.02. The summed E-state index contributed by atoms with van der Waals surface area (Å²) in [6.07, 6.45) is 1.88. The number of aryl methyl sites for hydroxylation is 2. The molecular formula is C16H23NO5. The van der Waals surface area contributed by atoms with Crippen molar-refractivity contribution >= 4 is 11.9 Å². The van der Waals surface area contributed by atoms with E-state index in [2.05, 4.69) is 0 Å². The molecule has 0 saturated carbocycles. The summed E-state index contributed by atoms with van der Waals surface area (Å²) in [4.78, 5) is 25.8. The second-order valence-electron chi connectivity index (χ2n) is 5.92. The number of carboxylic acids is 1. The number of nitrogens with zero attached hydrogens (tertiary/aromatic N) is 1. The van der Waals surface area contributed by atoms with Crippen molar-refractivity contribution < 1.29 is 23.8 Å². The lowest BCUT2D eigenvalue weighted by atomic mass is 9.80. The van der Waals surface area contributed by atoms with Crippen LogP contribution in [-0.4, -0.2) is 48.7 Å². The number of methoxy groups -OCH3 is 1. The number of furan rings is 1. The number of aliphatic carboxylic acids is 1. The van der Waals surface area contributed by atoms with Crippen LogP contribution in [0.3, 0.4) is 0 Å². The van der Waals surface area contributed by atoms with E-state index in [9.17, 15) is 14.7 Å². The van der Waals surface area contributed by atoms with Crippen molar-refractivity contribution in [1.82, 2.24) is 4.90 Å². The first-order valence-electron chi connectivity index (χ1n) is 7.54. The molecule has 1 aromatic heterocycles. The molecule has 1 unspecified atom stereocenters. The van der Waals surface area contributed by atoms with E-state index in [1.54, 1.807) is 11.0 Å². The molecule has 0 spiro atoms. The van der Waals surface area contributed by atoms with Crippen LogP contribution in [0.15, 0.2) is 10.5 Å². The fraction of sp³-hybridized carbons (Fsp3) is 0.625. The Morgan fingerprint density at radius 1 is 1.50 bits per heavy atom. The van der Waals surface area contributed by atoms with Crippen LogP contribution in [0.5, 0.6) is 0 Å². The normalized spacial score (nSPS) is 21.9. The number of carboxylic acid groups (broad SMARTS) is 1. The zero-order valence-electron chi connectivity index (χ0n) is 13.3. The van der Waals surface area contributed by atoms with E-state index in [1.807, 2.05) is 13.8 Å². The van der Waals surface area contributed by atoms with Crippen molar-refractivity contribution in [2.45, 2.75) is 33.1 Å². The van der Waals surface area contributed by atoms with Gasteiger partial charge < -0.3 is 19.2 Å². The summed E-state index contributed by atoms with van der Waals surface area (Å²) < 4.78 is 10.7. The zero-order valence-corrected chi connectivity index (χ0v) is 13.3. The Balaban J connectivity index is 2.20. The minimum Gasteiger partial charge on any atom is -0.481 e. The molecule has 6 heteroatoms. The molecule has 0 bridgehead atoms. The van der Waals surface area contributed by atoms with E-state index in [4.69, 9.17) is 9.15 Å². The van der Waals surface area contributed by atoms with Gasteiger partial charge in [-0.05, 0) is 31.4 Å². The van der Waals surface area contributed by atoms with Gasteiger partial charge in [-0.15, -0.1) is 0 Å². The largest absolute Gasteiger partial charge is 0.481 e. The summed E-state index contributed by atoms with van der Waals surface area (Å²) >= 11 is 0. The molecule has 1 amide bonds. The highest BCUT2D eigenvalue weighted by Gasteiger charge is 2.44. The summed E-state index contributed by atoms with van der Waals surface area (Å²) in [5.41, 5.74) is -0.0815. The van der Waals surface area contributed by atoms with Crippen LogP contribution in [0.1, 0.15) is 41.6 Å². The van der Waals surface area contributed by atoms with Crippen molar-refractivity contribution in [2.24, 2.45) is 5.41 Å². The Morgan fingerprint density at radius 3 is 2.77 bits per heavy atom. The maximum Gasteiger partial charge on any atom is 0.313 e. The molecule has 1 aromatic rings. The van der Waals surface area contributed by atoms with E-state index in [0.717, 1.165) is 17.7 Å². The van der Waals surface area contributed by atoms with Crippen molar-refractivity contribution in [2.75, 3.05) is 26.8 Å². The highest BCUT2D eigenvalue weighted by molar-refractivity contribution is 5.92.